The highest BCUT2D eigenvalue weighted by molar-refractivity contribution is 5.73. The van der Waals surface area contributed by atoms with Crippen LogP contribution in [0.3, 0.4) is 0 Å². The predicted octanol–water partition coefficient (Wildman–Crippen LogP) is 1.63. The lowest BCUT2D eigenvalue weighted by Gasteiger charge is -2.24. The summed E-state index contributed by atoms with van der Waals surface area (Å²) < 4.78 is 0. The first-order valence-electron chi connectivity index (χ1n) is 5.14. The summed E-state index contributed by atoms with van der Waals surface area (Å²) in [5, 5.41) is 11.7. The van der Waals surface area contributed by atoms with Crippen LogP contribution < -0.4 is 5.32 Å². The predicted molar refractivity (Wildman–Crippen MR) is 51.7 cm³/mol. The second-order valence-electron chi connectivity index (χ2n) is 3.92. The molecule has 0 aliphatic heterocycles. The van der Waals surface area contributed by atoms with Gasteiger partial charge in [0.25, 0.3) is 0 Å². The minimum atomic E-state index is -0.715. The number of nitrogens with one attached hydrogen (secondary N) is 1. The topological polar surface area (TPSA) is 49.3 Å². The summed E-state index contributed by atoms with van der Waals surface area (Å²) >= 11 is 0. The fraction of sp³-hybridized carbons (Fsp3) is 0.900. The van der Waals surface area contributed by atoms with E-state index in [2.05, 4.69) is 5.32 Å². The third-order valence-corrected chi connectivity index (χ3v) is 2.94. The number of carbonyl (C=O) groups is 1. The van der Waals surface area contributed by atoms with Crippen LogP contribution in [-0.4, -0.2) is 24.2 Å². The smallest absolute Gasteiger partial charge is 0.320 e. The summed E-state index contributed by atoms with van der Waals surface area (Å²) in [5.41, 5.74) is 0. The molecule has 1 rings (SSSR count). The molecule has 1 atom stereocenters. The highest BCUT2D eigenvalue weighted by Crippen LogP contribution is 2.27. The number of aliphatic carboxylic acids is 1. The van der Waals surface area contributed by atoms with Gasteiger partial charge in [0, 0.05) is 0 Å². The summed E-state index contributed by atoms with van der Waals surface area (Å²) in [5.74, 6) is -0.0876. The molecule has 0 radical (unpaired) electrons. The maximum absolute atomic E-state index is 10.7. The van der Waals surface area contributed by atoms with Gasteiger partial charge in [0.2, 0.25) is 0 Å². The zero-order valence-corrected chi connectivity index (χ0v) is 8.25. The number of hydrogen-bond acceptors (Lipinski definition) is 2. The van der Waals surface area contributed by atoms with Crippen LogP contribution in [0.1, 0.15) is 38.5 Å². The molecule has 0 amide bonds. The van der Waals surface area contributed by atoms with E-state index in [0.29, 0.717) is 5.92 Å². The number of rotatable bonds is 4. The fourth-order valence-electron chi connectivity index (χ4n) is 2.10. The molecule has 2 N–H and O–H groups in total. The minimum Gasteiger partial charge on any atom is -0.480 e. The lowest BCUT2D eigenvalue weighted by molar-refractivity contribution is -0.139. The quantitative estimate of drug-likeness (QED) is 0.700. The Hall–Kier alpha value is -0.570. The van der Waals surface area contributed by atoms with E-state index < -0.39 is 5.97 Å². The number of carboxylic acids is 1. The minimum absolute atomic E-state index is 0.344. The van der Waals surface area contributed by atoms with Gasteiger partial charge in [-0.3, -0.25) is 4.79 Å². The summed E-state index contributed by atoms with van der Waals surface area (Å²) in [7, 11) is 1.72. The summed E-state index contributed by atoms with van der Waals surface area (Å²) in [4.78, 5) is 10.7. The molecule has 3 heteroatoms. The van der Waals surface area contributed by atoms with E-state index >= 15 is 0 Å². The molecule has 1 aliphatic rings. The Morgan fingerprint density at radius 1 is 1.46 bits per heavy atom. The average Bonchev–Trinajstić information content (AvgIpc) is 2.15. The number of likely N-dealkylation sites (N-methyl/N-ethyl adjacent to an activating group) is 1. The molecule has 76 valence electrons. The standard InChI is InChI=1S/C10H19NO2/c1-11-9(10(12)13)7-8-5-3-2-4-6-8/h8-9,11H,2-7H2,1H3,(H,12,13). The van der Waals surface area contributed by atoms with Crippen molar-refractivity contribution in [3.05, 3.63) is 0 Å². The molecule has 0 bridgehead atoms. The van der Waals surface area contributed by atoms with Crippen LogP contribution in [-0.2, 0) is 4.79 Å². The Balaban J connectivity index is 2.31. The SMILES string of the molecule is CNC(CC1CCCCC1)C(=O)O. The van der Waals surface area contributed by atoms with Gasteiger partial charge >= 0.3 is 5.97 Å². The van der Waals surface area contributed by atoms with Crippen molar-refractivity contribution in [2.24, 2.45) is 5.92 Å². The van der Waals surface area contributed by atoms with Crippen LogP contribution in [0.25, 0.3) is 0 Å². The van der Waals surface area contributed by atoms with Crippen molar-refractivity contribution in [2.45, 2.75) is 44.6 Å². The van der Waals surface area contributed by atoms with Gasteiger partial charge in [-0.25, -0.2) is 0 Å². The van der Waals surface area contributed by atoms with Crippen molar-refractivity contribution in [1.82, 2.24) is 5.32 Å². The van der Waals surface area contributed by atoms with E-state index in [4.69, 9.17) is 5.11 Å². The Labute approximate surface area is 79.5 Å². The third kappa shape index (κ3) is 3.35. The summed E-state index contributed by atoms with van der Waals surface area (Å²) in [6.45, 7) is 0. The summed E-state index contributed by atoms with van der Waals surface area (Å²) in [6.07, 6.45) is 7.11. The van der Waals surface area contributed by atoms with Crippen molar-refractivity contribution in [3.8, 4) is 0 Å². The zero-order chi connectivity index (χ0) is 9.68. The second kappa shape index (κ2) is 5.22. The second-order valence-corrected chi connectivity index (χ2v) is 3.92. The lowest BCUT2D eigenvalue weighted by atomic mass is 9.85. The number of hydrogen-bond donors (Lipinski definition) is 2. The van der Waals surface area contributed by atoms with E-state index in [9.17, 15) is 4.79 Å². The molecule has 3 nitrogen and oxygen atoms in total. The van der Waals surface area contributed by atoms with Gasteiger partial charge in [-0.1, -0.05) is 32.1 Å². The largest absolute Gasteiger partial charge is 0.480 e. The van der Waals surface area contributed by atoms with Gasteiger partial charge in [0.1, 0.15) is 6.04 Å². The first kappa shape index (κ1) is 10.5. The van der Waals surface area contributed by atoms with Crippen molar-refractivity contribution < 1.29 is 9.90 Å². The van der Waals surface area contributed by atoms with E-state index in [0.717, 1.165) is 6.42 Å². The lowest BCUT2D eigenvalue weighted by Crippen LogP contribution is -2.36. The number of carboxylic acid groups (broad SMARTS) is 1. The molecule has 0 saturated heterocycles. The molecule has 0 aromatic carbocycles. The van der Waals surface area contributed by atoms with Crippen molar-refractivity contribution in [2.75, 3.05) is 7.05 Å². The van der Waals surface area contributed by atoms with Gasteiger partial charge < -0.3 is 10.4 Å². The van der Waals surface area contributed by atoms with Crippen LogP contribution in [0.2, 0.25) is 0 Å². The van der Waals surface area contributed by atoms with Crippen LogP contribution in [0.4, 0.5) is 0 Å². The first-order chi connectivity index (χ1) is 6.24. The zero-order valence-electron chi connectivity index (χ0n) is 8.25. The normalized spacial score (nSPS) is 21.3. The molecule has 13 heavy (non-hydrogen) atoms. The van der Waals surface area contributed by atoms with Gasteiger partial charge in [-0.05, 0) is 19.4 Å². The Bertz CT molecular complexity index is 164. The maximum Gasteiger partial charge on any atom is 0.320 e. The van der Waals surface area contributed by atoms with Gasteiger partial charge in [0.15, 0.2) is 0 Å². The van der Waals surface area contributed by atoms with Crippen molar-refractivity contribution in [1.29, 1.82) is 0 Å². The van der Waals surface area contributed by atoms with E-state index in [1.54, 1.807) is 7.05 Å². The third-order valence-electron chi connectivity index (χ3n) is 2.94. The molecule has 0 aromatic heterocycles. The Kier molecular flexibility index (Phi) is 4.22. The van der Waals surface area contributed by atoms with Crippen LogP contribution in [0.15, 0.2) is 0 Å². The Morgan fingerprint density at radius 2 is 2.08 bits per heavy atom. The molecular weight excluding hydrogens is 166 g/mol. The monoisotopic (exact) mass is 185 g/mol. The van der Waals surface area contributed by atoms with Crippen LogP contribution in [0, 0.1) is 5.92 Å². The van der Waals surface area contributed by atoms with E-state index in [1.807, 2.05) is 0 Å². The van der Waals surface area contributed by atoms with Crippen LogP contribution >= 0.6 is 0 Å². The summed E-state index contributed by atoms with van der Waals surface area (Å²) in [6, 6.07) is -0.344. The van der Waals surface area contributed by atoms with E-state index in [1.165, 1.54) is 32.1 Å². The molecule has 0 heterocycles. The van der Waals surface area contributed by atoms with Crippen molar-refractivity contribution in [3.63, 3.8) is 0 Å². The molecule has 0 spiro atoms. The molecule has 1 fully saturated rings. The Morgan fingerprint density at radius 3 is 2.54 bits per heavy atom. The fourth-order valence-corrected chi connectivity index (χ4v) is 2.10. The average molecular weight is 185 g/mol. The van der Waals surface area contributed by atoms with Gasteiger partial charge in [-0.2, -0.15) is 0 Å². The molecular formula is C10H19NO2. The van der Waals surface area contributed by atoms with Crippen molar-refractivity contribution >= 4 is 5.97 Å². The molecule has 1 unspecified atom stereocenters. The van der Waals surface area contributed by atoms with Crippen LogP contribution in [0.5, 0.6) is 0 Å². The first-order valence-corrected chi connectivity index (χ1v) is 5.14. The molecule has 1 saturated carbocycles. The highest BCUT2D eigenvalue weighted by Gasteiger charge is 2.22. The maximum atomic E-state index is 10.7. The highest BCUT2D eigenvalue weighted by atomic mass is 16.4. The molecule has 0 aromatic rings. The van der Waals surface area contributed by atoms with E-state index in [-0.39, 0.29) is 6.04 Å². The van der Waals surface area contributed by atoms with Gasteiger partial charge in [0.05, 0.1) is 0 Å². The van der Waals surface area contributed by atoms with Gasteiger partial charge in [-0.15, -0.1) is 0 Å². The molecule has 1 aliphatic carbocycles.